The number of nitrogens with zero attached hydrogens (tertiary/aromatic N) is 1. The van der Waals surface area contributed by atoms with Crippen LogP contribution in [0.25, 0.3) is 11.3 Å². The number of hydrogen-bond donors (Lipinski definition) is 2. The normalized spacial score (nSPS) is 15.2. The van der Waals surface area contributed by atoms with Gasteiger partial charge < -0.3 is 10.1 Å². The first-order valence-electron chi connectivity index (χ1n) is 9.37. The number of aromatic nitrogens is 1. The van der Waals surface area contributed by atoms with Crippen LogP contribution >= 0.6 is 11.3 Å². The Morgan fingerprint density at radius 2 is 2.07 bits per heavy atom. The van der Waals surface area contributed by atoms with Crippen LogP contribution < -0.4 is 15.4 Å². The SMILES string of the molecule is CC(=O)NC1CCOc2ccc(-c3csc(NC(=O)c4cccc(C)c4)n3)cc21. The van der Waals surface area contributed by atoms with Crippen LogP contribution in [0.1, 0.15) is 40.9 Å². The molecule has 0 radical (unpaired) electrons. The molecule has 1 aromatic heterocycles. The van der Waals surface area contributed by atoms with E-state index in [1.807, 2.05) is 48.7 Å². The fourth-order valence-corrected chi connectivity index (χ4v) is 4.08. The summed E-state index contributed by atoms with van der Waals surface area (Å²) < 4.78 is 5.72. The lowest BCUT2D eigenvalue weighted by molar-refractivity contribution is -0.119. The number of rotatable bonds is 4. The average Bonchev–Trinajstić information content (AvgIpc) is 3.16. The summed E-state index contributed by atoms with van der Waals surface area (Å²) in [6.45, 7) is 4.04. The number of anilines is 1. The van der Waals surface area contributed by atoms with Gasteiger partial charge >= 0.3 is 0 Å². The summed E-state index contributed by atoms with van der Waals surface area (Å²) in [6, 6.07) is 13.2. The molecular formula is C22H21N3O3S. The van der Waals surface area contributed by atoms with Crippen molar-refractivity contribution in [3.8, 4) is 17.0 Å². The molecule has 2 heterocycles. The predicted octanol–water partition coefficient (Wildman–Crippen LogP) is 4.33. The zero-order chi connectivity index (χ0) is 20.4. The van der Waals surface area contributed by atoms with Crippen LogP contribution in [0.4, 0.5) is 5.13 Å². The summed E-state index contributed by atoms with van der Waals surface area (Å²) in [7, 11) is 0. The van der Waals surface area contributed by atoms with Crippen molar-refractivity contribution in [3.63, 3.8) is 0 Å². The number of hydrogen-bond acceptors (Lipinski definition) is 5. The second-order valence-electron chi connectivity index (χ2n) is 7.00. The van der Waals surface area contributed by atoms with Gasteiger partial charge in [0.2, 0.25) is 5.91 Å². The van der Waals surface area contributed by atoms with Crippen molar-refractivity contribution in [1.29, 1.82) is 0 Å². The van der Waals surface area contributed by atoms with E-state index in [4.69, 9.17) is 4.74 Å². The molecule has 148 valence electrons. The largest absolute Gasteiger partial charge is 0.493 e. The molecule has 0 fully saturated rings. The molecule has 7 heteroatoms. The van der Waals surface area contributed by atoms with Gasteiger partial charge in [-0.25, -0.2) is 4.98 Å². The van der Waals surface area contributed by atoms with E-state index < -0.39 is 0 Å². The van der Waals surface area contributed by atoms with Gasteiger partial charge in [0.1, 0.15) is 5.75 Å². The van der Waals surface area contributed by atoms with Crippen LogP contribution in [0.3, 0.4) is 0 Å². The van der Waals surface area contributed by atoms with Gasteiger partial charge in [-0.3, -0.25) is 14.9 Å². The summed E-state index contributed by atoms with van der Waals surface area (Å²) in [4.78, 5) is 28.5. The fraction of sp³-hybridized carbons (Fsp3) is 0.227. The molecule has 4 rings (SSSR count). The molecule has 0 saturated carbocycles. The first kappa shape index (κ1) is 19.1. The Kier molecular flexibility index (Phi) is 5.31. The monoisotopic (exact) mass is 407 g/mol. The molecule has 0 aliphatic carbocycles. The minimum atomic E-state index is -0.181. The van der Waals surface area contributed by atoms with Crippen molar-refractivity contribution >= 4 is 28.3 Å². The molecule has 0 spiro atoms. The van der Waals surface area contributed by atoms with Crippen molar-refractivity contribution in [3.05, 3.63) is 64.5 Å². The van der Waals surface area contributed by atoms with E-state index in [0.717, 1.165) is 34.6 Å². The van der Waals surface area contributed by atoms with Gasteiger partial charge in [-0.2, -0.15) is 0 Å². The smallest absolute Gasteiger partial charge is 0.257 e. The van der Waals surface area contributed by atoms with Crippen molar-refractivity contribution < 1.29 is 14.3 Å². The first-order chi connectivity index (χ1) is 14.0. The maximum Gasteiger partial charge on any atom is 0.257 e. The highest BCUT2D eigenvalue weighted by Crippen LogP contribution is 2.36. The van der Waals surface area contributed by atoms with Gasteiger partial charge in [-0.15, -0.1) is 11.3 Å². The van der Waals surface area contributed by atoms with Gasteiger partial charge in [-0.05, 0) is 37.3 Å². The number of ether oxygens (including phenoxy) is 1. The highest BCUT2D eigenvalue weighted by atomic mass is 32.1. The standard InChI is InChI=1S/C22H21N3O3S/c1-13-4-3-5-16(10-13)21(27)25-22-24-19(12-29-22)15-6-7-20-17(11-15)18(8-9-28-20)23-14(2)26/h3-7,10-12,18H,8-9H2,1-2H3,(H,23,26)(H,24,25,27). The Balaban J connectivity index is 1.55. The van der Waals surface area contributed by atoms with E-state index in [-0.39, 0.29) is 17.9 Å². The topological polar surface area (TPSA) is 80.3 Å². The van der Waals surface area contributed by atoms with E-state index in [1.165, 1.54) is 18.3 Å². The number of aryl methyl sites for hydroxylation is 1. The summed E-state index contributed by atoms with van der Waals surface area (Å²) >= 11 is 1.38. The molecular weight excluding hydrogens is 386 g/mol. The third-order valence-corrected chi connectivity index (χ3v) is 5.49. The summed E-state index contributed by atoms with van der Waals surface area (Å²) in [5.41, 5.74) is 4.26. The minimum Gasteiger partial charge on any atom is -0.493 e. The van der Waals surface area contributed by atoms with Crippen molar-refractivity contribution in [2.45, 2.75) is 26.3 Å². The molecule has 1 unspecified atom stereocenters. The maximum absolute atomic E-state index is 12.4. The van der Waals surface area contributed by atoms with Gasteiger partial charge in [0.15, 0.2) is 5.13 Å². The second kappa shape index (κ2) is 8.05. The molecule has 2 aromatic carbocycles. The van der Waals surface area contributed by atoms with Crippen LogP contribution in [-0.4, -0.2) is 23.4 Å². The molecule has 6 nitrogen and oxygen atoms in total. The average molecular weight is 407 g/mol. The Morgan fingerprint density at radius 1 is 1.21 bits per heavy atom. The first-order valence-corrected chi connectivity index (χ1v) is 10.3. The molecule has 0 saturated heterocycles. The lowest BCUT2D eigenvalue weighted by atomic mass is 9.97. The molecule has 2 N–H and O–H groups in total. The molecule has 2 amide bonds. The van der Waals surface area contributed by atoms with E-state index in [9.17, 15) is 9.59 Å². The van der Waals surface area contributed by atoms with Crippen LogP contribution in [0.2, 0.25) is 0 Å². The zero-order valence-corrected chi connectivity index (χ0v) is 17.0. The Morgan fingerprint density at radius 3 is 2.86 bits per heavy atom. The summed E-state index contributed by atoms with van der Waals surface area (Å²) in [5.74, 6) is 0.532. The van der Waals surface area contributed by atoms with Gasteiger partial charge in [0.05, 0.1) is 18.3 Å². The number of carbonyl (C=O) groups excluding carboxylic acids is 2. The van der Waals surface area contributed by atoms with E-state index in [0.29, 0.717) is 17.3 Å². The van der Waals surface area contributed by atoms with Crippen LogP contribution in [-0.2, 0) is 4.79 Å². The van der Waals surface area contributed by atoms with Gasteiger partial charge in [-0.1, -0.05) is 17.7 Å². The lowest BCUT2D eigenvalue weighted by Crippen LogP contribution is -2.30. The Hall–Kier alpha value is -3.19. The van der Waals surface area contributed by atoms with Crippen molar-refractivity contribution in [2.24, 2.45) is 0 Å². The van der Waals surface area contributed by atoms with Gasteiger partial charge in [0.25, 0.3) is 5.91 Å². The van der Waals surface area contributed by atoms with Crippen LogP contribution in [0.15, 0.2) is 47.8 Å². The molecule has 1 aliphatic rings. The molecule has 29 heavy (non-hydrogen) atoms. The second-order valence-corrected chi connectivity index (χ2v) is 7.86. The number of amides is 2. The Labute approximate surface area is 172 Å². The number of benzene rings is 2. The molecule has 0 bridgehead atoms. The summed E-state index contributed by atoms with van der Waals surface area (Å²) in [6.07, 6.45) is 0.727. The minimum absolute atomic E-state index is 0.0666. The van der Waals surface area contributed by atoms with Crippen molar-refractivity contribution in [1.82, 2.24) is 10.3 Å². The molecule has 3 aromatic rings. The third kappa shape index (κ3) is 4.30. The summed E-state index contributed by atoms with van der Waals surface area (Å²) in [5, 5.41) is 8.28. The highest BCUT2D eigenvalue weighted by molar-refractivity contribution is 7.14. The van der Waals surface area contributed by atoms with E-state index in [2.05, 4.69) is 15.6 Å². The Bertz CT molecular complexity index is 1080. The molecule has 1 atom stereocenters. The van der Waals surface area contributed by atoms with E-state index >= 15 is 0 Å². The number of thiazole rings is 1. The van der Waals surface area contributed by atoms with E-state index in [1.54, 1.807) is 6.07 Å². The zero-order valence-electron chi connectivity index (χ0n) is 16.2. The van der Waals surface area contributed by atoms with Crippen molar-refractivity contribution in [2.75, 3.05) is 11.9 Å². The van der Waals surface area contributed by atoms with Crippen LogP contribution in [0.5, 0.6) is 5.75 Å². The lowest BCUT2D eigenvalue weighted by Gasteiger charge is -2.26. The van der Waals surface area contributed by atoms with Crippen LogP contribution in [0, 0.1) is 6.92 Å². The number of carbonyl (C=O) groups is 2. The maximum atomic E-state index is 12.4. The third-order valence-electron chi connectivity index (χ3n) is 4.73. The fourth-order valence-electron chi connectivity index (χ4n) is 3.37. The van der Waals surface area contributed by atoms with Gasteiger partial charge in [0, 0.05) is 35.4 Å². The number of fused-ring (bicyclic) bond motifs is 1. The quantitative estimate of drug-likeness (QED) is 0.675. The predicted molar refractivity (Wildman–Crippen MR) is 113 cm³/mol. The number of nitrogens with one attached hydrogen (secondary N) is 2. The molecule has 1 aliphatic heterocycles. The highest BCUT2D eigenvalue weighted by Gasteiger charge is 2.23.